The van der Waals surface area contributed by atoms with Gasteiger partial charge in [0.25, 0.3) is 0 Å². The summed E-state index contributed by atoms with van der Waals surface area (Å²) in [5.74, 6) is 0.444. The van der Waals surface area contributed by atoms with E-state index in [4.69, 9.17) is 5.26 Å². The average molecular weight is 216 g/mol. The molecule has 2 atom stereocenters. The SMILES string of the molecule is N#CC1CCCC1NCc1cccc(O)c1. The fraction of sp³-hybridized carbons (Fsp3) is 0.462. The molecule has 2 N–H and O–H groups in total. The van der Waals surface area contributed by atoms with Crippen LogP contribution in [0.3, 0.4) is 0 Å². The van der Waals surface area contributed by atoms with Crippen molar-refractivity contribution in [3.05, 3.63) is 29.8 Å². The minimum atomic E-state index is 0.150. The van der Waals surface area contributed by atoms with Gasteiger partial charge in [0, 0.05) is 12.6 Å². The van der Waals surface area contributed by atoms with E-state index >= 15 is 0 Å². The third-order valence-corrected chi connectivity index (χ3v) is 3.16. The summed E-state index contributed by atoms with van der Waals surface area (Å²) in [5.41, 5.74) is 1.06. The lowest BCUT2D eigenvalue weighted by molar-refractivity contribution is 0.459. The molecule has 0 saturated heterocycles. The molecule has 16 heavy (non-hydrogen) atoms. The molecule has 84 valence electrons. The van der Waals surface area contributed by atoms with E-state index in [9.17, 15) is 5.11 Å². The van der Waals surface area contributed by atoms with Gasteiger partial charge in [-0.05, 0) is 30.5 Å². The van der Waals surface area contributed by atoms with Gasteiger partial charge in [-0.2, -0.15) is 5.26 Å². The van der Waals surface area contributed by atoms with Crippen LogP contribution < -0.4 is 5.32 Å². The molecule has 0 spiro atoms. The van der Waals surface area contributed by atoms with Gasteiger partial charge >= 0.3 is 0 Å². The topological polar surface area (TPSA) is 56.0 Å². The van der Waals surface area contributed by atoms with Crippen LogP contribution in [0.1, 0.15) is 24.8 Å². The van der Waals surface area contributed by atoms with Crippen molar-refractivity contribution in [3.8, 4) is 11.8 Å². The van der Waals surface area contributed by atoms with E-state index in [0.29, 0.717) is 11.8 Å². The van der Waals surface area contributed by atoms with Crippen LogP contribution in [0.25, 0.3) is 0 Å². The van der Waals surface area contributed by atoms with E-state index in [2.05, 4.69) is 11.4 Å². The summed E-state index contributed by atoms with van der Waals surface area (Å²) in [6, 6.07) is 9.89. The van der Waals surface area contributed by atoms with Crippen molar-refractivity contribution in [2.75, 3.05) is 0 Å². The maximum Gasteiger partial charge on any atom is 0.115 e. The number of rotatable bonds is 3. The molecule has 1 aromatic carbocycles. The van der Waals surface area contributed by atoms with Gasteiger partial charge in [-0.1, -0.05) is 18.6 Å². The molecule has 0 aliphatic heterocycles. The average Bonchev–Trinajstić information content (AvgIpc) is 2.74. The number of nitriles is 1. The Morgan fingerprint density at radius 2 is 2.31 bits per heavy atom. The molecule has 1 aliphatic carbocycles. The summed E-state index contributed by atoms with van der Waals surface area (Å²) in [7, 11) is 0. The van der Waals surface area contributed by atoms with Crippen LogP contribution in [-0.2, 0) is 6.54 Å². The van der Waals surface area contributed by atoms with E-state index in [0.717, 1.165) is 31.4 Å². The van der Waals surface area contributed by atoms with Crippen molar-refractivity contribution in [1.82, 2.24) is 5.32 Å². The lowest BCUT2D eigenvalue weighted by Crippen LogP contribution is -2.31. The molecule has 1 aliphatic rings. The number of hydrogen-bond donors (Lipinski definition) is 2. The summed E-state index contributed by atoms with van der Waals surface area (Å²) in [6.45, 7) is 0.719. The van der Waals surface area contributed by atoms with Crippen LogP contribution in [0.4, 0.5) is 0 Å². The van der Waals surface area contributed by atoms with E-state index in [1.807, 2.05) is 12.1 Å². The standard InChI is InChI=1S/C13H16N2O/c14-8-11-4-2-6-13(11)15-9-10-3-1-5-12(16)7-10/h1,3,5,7,11,13,15-16H,2,4,6,9H2. The maximum atomic E-state index is 9.32. The molecule has 2 rings (SSSR count). The fourth-order valence-electron chi connectivity index (χ4n) is 2.27. The number of phenols is 1. The van der Waals surface area contributed by atoms with Crippen LogP contribution in [0.5, 0.6) is 5.75 Å². The smallest absolute Gasteiger partial charge is 0.115 e. The van der Waals surface area contributed by atoms with E-state index in [1.54, 1.807) is 12.1 Å². The Balaban J connectivity index is 1.90. The van der Waals surface area contributed by atoms with Crippen molar-refractivity contribution >= 4 is 0 Å². The highest BCUT2D eigenvalue weighted by molar-refractivity contribution is 5.27. The summed E-state index contributed by atoms with van der Waals surface area (Å²) >= 11 is 0. The third-order valence-electron chi connectivity index (χ3n) is 3.16. The quantitative estimate of drug-likeness (QED) is 0.814. The van der Waals surface area contributed by atoms with E-state index < -0.39 is 0 Å². The molecule has 3 nitrogen and oxygen atoms in total. The van der Waals surface area contributed by atoms with Crippen molar-refractivity contribution in [3.63, 3.8) is 0 Å². The molecule has 0 heterocycles. The van der Waals surface area contributed by atoms with Gasteiger partial charge in [-0.3, -0.25) is 0 Å². The van der Waals surface area contributed by atoms with Gasteiger partial charge in [-0.25, -0.2) is 0 Å². The molecule has 0 radical (unpaired) electrons. The Labute approximate surface area is 95.7 Å². The van der Waals surface area contributed by atoms with Crippen LogP contribution in [0.15, 0.2) is 24.3 Å². The molecule has 1 saturated carbocycles. The Kier molecular flexibility index (Phi) is 3.43. The van der Waals surface area contributed by atoms with Crippen LogP contribution in [-0.4, -0.2) is 11.1 Å². The zero-order valence-corrected chi connectivity index (χ0v) is 9.19. The Morgan fingerprint density at radius 1 is 1.44 bits per heavy atom. The predicted octanol–water partition coefficient (Wildman–Crippen LogP) is 2.17. The van der Waals surface area contributed by atoms with Crippen molar-refractivity contribution in [2.45, 2.75) is 31.8 Å². The Hall–Kier alpha value is -1.53. The second-order valence-electron chi connectivity index (χ2n) is 4.32. The van der Waals surface area contributed by atoms with Gasteiger partial charge in [-0.15, -0.1) is 0 Å². The zero-order chi connectivity index (χ0) is 11.4. The lowest BCUT2D eigenvalue weighted by atomic mass is 10.1. The molecular formula is C13H16N2O. The first-order valence-corrected chi connectivity index (χ1v) is 5.70. The number of nitrogens with one attached hydrogen (secondary N) is 1. The molecule has 1 aromatic rings. The third kappa shape index (κ3) is 2.53. The Morgan fingerprint density at radius 3 is 3.06 bits per heavy atom. The summed E-state index contributed by atoms with van der Waals surface area (Å²) in [5, 5.41) is 21.7. The zero-order valence-electron chi connectivity index (χ0n) is 9.19. The van der Waals surface area contributed by atoms with Gasteiger partial charge < -0.3 is 10.4 Å². The first-order chi connectivity index (χ1) is 7.79. The van der Waals surface area contributed by atoms with E-state index in [1.165, 1.54) is 0 Å². The molecule has 0 bridgehead atoms. The number of hydrogen-bond acceptors (Lipinski definition) is 3. The van der Waals surface area contributed by atoms with Gasteiger partial charge in [0.15, 0.2) is 0 Å². The second-order valence-corrected chi connectivity index (χ2v) is 4.32. The highest BCUT2D eigenvalue weighted by Gasteiger charge is 2.26. The molecule has 3 heteroatoms. The molecule has 0 amide bonds. The predicted molar refractivity (Wildman–Crippen MR) is 61.7 cm³/mol. The fourth-order valence-corrected chi connectivity index (χ4v) is 2.27. The first kappa shape index (κ1) is 11.0. The largest absolute Gasteiger partial charge is 0.508 e. The Bertz CT molecular complexity index is 397. The van der Waals surface area contributed by atoms with Crippen molar-refractivity contribution in [1.29, 1.82) is 5.26 Å². The van der Waals surface area contributed by atoms with Crippen LogP contribution in [0.2, 0.25) is 0 Å². The number of phenolic OH excluding ortho intramolecular Hbond substituents is 1. The normalized spacial score (nSPS) is 24.2. The monoisotopic (exact) mass is 216 g/mol. The number of benzene rings is 1. The van der Waals surface area contributed by atoms with Gasteiger partial charge in [0.05, 0.1) is 12.0 Å². The molecule has 1 fully saturated rings. The minimum absolute atomic E-state index is 0.150. The molecule has 2 unspecified atom stereocenters. The highest BCUT2D eigenvalue weighted by atomic mass is 16.3. The minimum Gasteiger partial charge on any atom is -0.508 e. The molecular weight excluding hydrogens is 200 g/mol. The molecule has 0 aromatic heterocycles. The van der Waals surface area contributed by atoms with Gasteiger partial charge in [0.1, 0.15) is 5.75 Å². The van der Waals surface area contributed by atoms with Crippen molar-refractivity contribution in [2.24, 2.45) is 5.92 Å². The highest BCUT2D eigenvalue weighted by Crippen LogP contribution is 2.25. The second kappa shape index (κ2) is 5.00. The van der Waals surface area contributed by atoms with E-state index in [-0.39, 0.29) is 5.92 Å². The summed E-state index contributed by atoms with van der Waals surface area (Å²) < 4.78 is 0. The summed E-state index contributed by atoms with van der Waals surface area (Å²) in [6.07, 6.45) is 3.22. The van der Waals surface area contributed by atoms with Crippen LogP contribution >= 0.6 is 0 Å². The van der Waals surface area contributed by atoms with Crippen LogP contribution in [0, 0.1) is 17.2 Å². The lowest BCUT2D eigenvalue weighted by Gasteiger charge is -2.15. The summed E-state index contributed by atoms with van der Waals surface area (Å²) in [4.78, 5) is 0. The number of aromatic hydroxyl groups is 1. The first-order valence-electron chi connectivity index (χ1n) is 5.70. The van der Waals surface area contributed by atoms with Crippen molar-refractivity contribution < 1.29 is 5.11 Å². The van der Waals surface area contributed by atoms with Gasteiger partial charge in [0.2, 0.25) is 0 Å². The number of nitrogens with zero attached hydrogens (tertiary/aromatic N) is 1. The maximum absolute atomic E-state index is 9.32.